The molecule has 2 rings (SSSR count). The lowest BCUT2D eigenvalue weighted by Gasteiger charge is -2.37. The lowest BCUT2D eigenvalue weighted by Crippen LogP contribution is -2.47. The van der Waals surface area contributed by atoms with E-state index in [0.29, 0.717) is 6.04 Å². The van der Waals surface area contributed by atoms with Gasteiger partial charge in [-0.25, -0.2) is 4.98 Å². The molecule has 0 radical (unpaired) electrons. The van der Waals surface area contributed by atoms with E-state index in [4.69, 9.17) is 4.74 Å². The normalized spacial score (nSPS) is 25.0. The number of hydrogen-bond acceptors (Lipinski definition) is 5. The SMILES string of the molecule is CNCc1cncc(N2CC(C)OCC2C)n1. The maximum atomic E-state index is 5.62. The van der Waals surface area contributed by atoms with E-state index in [9.17, 15) is 0 Å². The second-order valence-electron chi connectivity index (χ2n) is 4.54. The molecule has 1 saturated heterocycles. The predicted molar refractivity (Wildman–Crippen MR) is 67.0 cm³/mol. The van der Waals surface area contributed by atoms with Gasteiger partial charge in [0.2, 0.25) is 0 Å². The van der Waals surface area contributed by atoms with Crippen molar-refractivity contribution in [2.45, 2.75) is 32.5 Å². The summed E-state index contributed by atoms with van der Waals surface area (Å²) in [7, 11) is 1.91. The Morgan fingerprint density at radius 3 is 3.06 bits per heavy atom. The standard InChI is InChI=1S/C12H20N4O/c1-9-8-17-10(2)7-16(9)12-6-14-5-11(15-12)4-13-3/h5-6,9-10,13H,4,7-8H2,1-3H3. The quantitative estimate of drug-likeness (QED) is 0.841. The van der Waals surface area contributed by atoms with Crippen LogP contribution in [0.15, 0.2) is 12.4 Å². The number of ether oxygens (including phenoxy) is 1. The van der Waals surface area contributed by atoms with Crippen LogP contribution >= 0.6 is 0 Å². The molecular weight excluding hydrogens is 216 g/mol. The second kappa shape index (κ2) is 5.42. The Labute approximate surface area is 102 Å². The van der Waals surface area contributed by atoms with Crippen molar-refractivity contribution in [3.8, 4) is 0 Å². The van der Waals surface area contributed by atoms with Gasteiger partial charge in [-0.15, -0.1) is 0 Å². The smallest absolute Gasteiger partial charge is 0.147 e. The maximum absolute atomic E-state index is 5.62. The Morgan fingerprint density at radius 1 is 1.47 bits per heavy atom. The average Bonchev–Trinajstić information content (AvgIpc) is 2.33. The highest BCUT2D eigenvalue weighted by molar-refractivity contribution is 5.38. The molecule has 0 bridgehead atoms. The molecule has 1 aliphatic heterocycles. The molecule has 5 nitrogen and oxygen atoms in total. The van der Waals surface area contributed by atoms with Crippen molar-refractivity contribution in [1.82, 2.24) is 15.3 Å². The number of anilines is 1. The Balaban J connectivity index is 2.16. The number of hydrogen-bond donors (Lipinski definition) is 1. The number of rotatable bonds is 3. The molecule has 1 N–H and O–H groups in total. The minimum atomic E-state index is 0.251. The molecule has 0 spiro atoms. The van der Waals surface area contributed by atoms with Gasteiger partial charge in [0.25, 0.3) is 0 Å². The van der Waals surface area contributed by atoms with Crippen LogP contribution in [0.25, 0.3) is 0 Å². The van der Waals surface area contributed by atoms with Gasteiger partial charge in [0.05, 0.1) is 30.6 Å². The zero-order chi connectivity index (χ0) is 12.3. The molecule has 5 heteroatoms. The zero-order valence-corrected chi connectivity index (χ0v) is 10.7. The van der Waals surface area contributed by atoms with Crippen molar-refractivity contribution in [3.05, 3.63) is 18.1 Å². The van der Waals surface area contributed by atoms with E-state index in [1.165, 1.54) is 0 Å². The van der Waals surface area contributed by atoms with Gasteiger partial charge in [0.15, 0.2) is 0 Å². The van der Waals surface area contributed by atoms with E-state index in [0.717, 1.165) is 31.2 Å². The van der Waals surface area contributed by atoms with Crippen LogP contribution in [-0.2, 0) is 11.3 Å². The monoisotopic (exact) mass is 236 g/mol. The summed E-state index contributed by atoms with van der Waals surface area (Å²) >= 11 is 0. The molecular formula is C12H20N4O. The van der Waals surface area contributed by atoms with Crippen LogP contribution in [0.2, 0.25) is 0 Å². The third-order valence-corrected chi connectivity index (χ3v) is 2.93. The fourth-order valence-corrected chi connectivity index (χ4v) is 2.02. The first kappa shape index (κ1) is 12.3. The zero-order valence-electron chi connectivity index (χ0n) is 10.7. The highest BCUT2D eigenvalue weighted by Crippen LogP contribution is 2.18. The van der Waals surface area contributed by atoms with Gasteiger partial charge in [-0.2, -0.15) is 0 Å². The van der Waals surface area contributed by atoms with Crippen LogP contribution in [0.4, 0.5) is 5.82 Å². The molecule has 2 heterocycles. The number of morpholine rings is 1. The minimum Gasteiger partial charge on any atom is -0.375 e. The molecule has 1 fully saturated rings. The molecule has 1 aliphatic rings. The second-order valence-corrected chi connectivity index (χ2v) is 4.54. The van der Waals surface area contributed by atoms with Gasteiger partial charge in [0.1, 0.15) is 5.82 Å². The van der Waals surface area contributed by atoms with Crippen LogP contribution in [0, 0.1) is 0 Å². The van der Waals surface area contributed by atoms with Crippen LogP contribution in [-0.4, -0.2) is 42.3 Å². The third kappa shape index (κ3) is 2.92. The molecule has 17 heavy (non-hydrogen) atoms. The maximum Gasteiger partial charge on any atom is 0.147 e. The fourth-order valence-electron chi connectivity index (χ4n) is 2.02. The van der Waals surface area contributed by atoms with Crippen molar-refractivity contribution in [1.29, 1.82) is 0 Å². The largest absolute Gasteiger partial charge is 0.375 e. The summed E-state index contributed by atoms with van der Waals surface area (Å²) in [4.78, 5) is 11.1. The van der Waals surface area contributed by atoms with E-state index in [2.05, 4.69) is 34.0 Å². The number of aromatic nitrogens is 2. The van der Waals surface area contributed by atoms with E-state index < -0.39 is 0 Å². The first-order valence-corrected chi connectivity index (χ1v) is 6.04. The fraction of sp³-hybridized carbons (Fsp3) is 0.667. The highest BCUT2D eigenvalue weighted by Gasteiger charge is 2.24. The molecule has 94 valence electrons. The topological polar surface area (TPSA) is 50.3 Å². The van der Waals surface area contributed by atoms with E-state index >= 15 is 0 Å². The summed E-state index contributed by atoms with van der Waals surface area (Å²) in [5, 5.41) is 3.09. The van der Waals surface area contributed by atoms with Crippen molar-refractivity contribution in [2.75, 3.05) is 25.1 Å². The summed E-state index contributed by atoms with van der Waals surface area (Å²) in [6.45, 7) is 6.61. The molecule has 0 amide bonds. The summed E-state index contributed by atoms with van der Waals surface area (Å²) in [5.74, 6) is 0.945. The van der Waals surface area contributed by atoms with Gasteiger partial charge in [-0.3, -0.25) is 4.98 Å². The lowest BCUT2D eigenvalue weighted by molar-refractivity contribution is 0.0340. The molecule has 2 unspecified atom stereocenters. The molecule has 0 aromatic carbocycles. The highest BCUT2D eigenvalue weighted by atomic mass is 16.5. The Bertz CT molecular complexity index is 371. The van der Waals surface area contributed by atoms with Crippen molar-refractivity contribution in [3.63, 3.8) is 0 Å². The summed E-state index contributed by atoms with van der Waals surface area (Å²) in [5.41, 5.74) is 0.969. The number of nitrogens with one attached hydrogen (secondary N) is 1. The summed E-state index contributed by atoms with van der Waals surface area (Å²) in [6.07, 6.45) is 3.88. The van der Waals surface area contributed by atoms with E-state index in [-0.39, 0.29) is 6.10 Å². The minimum absolute atomic E-state index is 0.251. The first-order chi connectivity index (χ1) is 8.20. The lowest BCUT2D eigenvalue weighted by atomic mass is 10.2. The predicted octanol–water partition coefficient (Wildman–Crippen LogP) is 0.810. The van der Waals surface area contributed by atoms with Crippen LogP contribution in [0.3, 0.4) is 0 Å². The van der Waals surface area contributed by atoms with E-state index in [1.54, 1.807) is 6.20 Å². The summed E-state index contributed by atoms with van der Waals surface area (Å²) < 4.78 is 5.62. The Morgan fingerprint density at radius 2 is 2.29 bits per heavy atom. The van der Waals surface area contributed by atoms with Gasteiger partial charge >= 0.3 is 0 Å². The Kier molecular flexibility index (Phi) is 3.91. The van der Waals surface area contributed by atoms with Crippen molar-refractivity contribution < 1.29 is 4.74 Å². The Hall–Kier alpha value is -1.20. The van der Waals surface area contributed by atoms with Gasteiger partial charge in [-0.05, 0) is 20.9 Å². The average molecular weight is 236 g/mol. The molecule has 0 saturated carbocycles. The number of nitrogens with zero attached hydrogens (tertiary/aromatic N) is 3. The molecule has 1 aromatic heterocycles. The molecule has 2 atom stereocenters. The van der Waals surface area contributed by atoms with Crippen LogP contribution < -0.4 is 10.2 Å². The van der Waals surface area contributed by atoms with Gasteiger partial charge < -0.3 is 15.0 Å². The first-order valence-electron chi connectivity index (χ1n) is 6.04. The van der Waals surface area contributed by atoms with E-state index in [1.807, 2.05) is 13.2 Å². The van der Waals surface area contributed by atoms with Crippen molar-refractivity contribution in [2.24, 2.45) is 0 Å². The third-order valence-electron chi connectivity index (χ3n) is 2.93. The van der Waals surface area contributed by atoms with Crippen LogP contribution in [0.1, 0.15) is 19.5 Å². The van der Waals surface area contributed by atoms with Gasteiger partial charge in [-0.1, -0.05) is 0 Å². The van der Waals surface area contributed by atoms with Gasteiger partial charge in [0, 0.05) is 19.3 Å². The molecule has 1 aromatic rings. The molecule has 0 aliphatic carbocycles. The summed E-state index contributed by atoms with van der Waals surface area (Å²) in [6, 6.07) is 0.352. The van der Waals surface area contributed by atoms with Crippen molar-refractivity contribution >= 4 is 5.82 Å². The van der Waals surface area contributed by atoms with Crippen LogP contribution in [0.5, 0.6) is 0 Å².